The van der Waals surface area contributed by atoms with E-state index in [0.29, 0.717) is 36.7 Å². The van der Waals surface area contributed by atoms with Crippen molar-refractivity contribution in [2.24, 2.45) is 0 Å². The zero-order valence-corrected chi connectivity index (χ0v) is 18.2. The van der Waals surface area contributed by atoms with Gasteiger partial charge in [-0.2, -0.15) is 0 Å². The van der Waals surface area contributed by atoms with Crippen LogP contribution in [0, 0.1) is 6.92 Å². The summed E-state index contributed by atoms with van der Waals surface area (Å²) >= 11 is 0. The van der Waals surface area contributed by atoms with Crippen LogP contribution in [0.1, 0.15) is 51.9 Å². The molecule has 5 rings (SSSR count). The van der Waals surface area contributed by atoms with Crippen molar-refractivity contribution >= 4 is 17.6 Å². The molecule has 0 bridgehead atoms. The van der Waals surface area contributed by atoms with Gasteiger partial charge in [0.2, 0.25) is 5.91 Å². The Morgan fingerprint density at radius 2 is 1.75 bits per heavy atom. The van der Waals surface area contributed by atoms with Gasteiger partial charge in [-0.15, -0.1) is 0 Å². The number of amides is 2. The number of hydrogen-bond acceptors (Lipinski definition) is 4. The fourth-order valence-electron chi connectivity index (χ4n) is 4.69. The highest BCUT2D eigenvalue weighted by Gasteiger charge is 2.36. The van der Waals surface area contributed by atoms with E-state index < -0.39 is 0 Å². The second-order valence-corrected chi connectivity index (χ2v) is 8.45. The summed E-state index contributed by atoms with van der Waals surface area (Å²) < 4.78 is 0. The SMILES string of the molecule is Cc1nc(C2CCCN2C(=O)c2ccccc2)nc2c1CC(=O)N2CCc1ccccc1. The zero-order valence-electron chi connectivity index (χ0n) is 18.2. The smallest absolute Gasteiger partial charge is 0.254 e. The number of rotatable bonds is 5. The van der Waals surface area contributed by atoms with Crippen LogP contribution in [0.3, 0.4) is 0 Å². The number of aryl methyl sites for hydroxylation is 1. The van der Waals surface area contributed by atoms with Crippen LogP contribution in [-0.4, -0.2) is 39.8 Å². The Kier molecular flexibility index (Phi) is 5.43. The summed E-state index contributed by atoms with van der Waals surface area (Å²) in [5.41, 5.74) is 3.61. The third-order valence-electron chi connectivity index (χ3n) is 6.39. The lowest BCUT2D eigenvalue weighted by Gasteiger charge is -2.25. The molecule has 3 aromatic rings. The van der Waals surface area contributed by atoms with Crippen LogP contribution in [0.15, 0.2) is 60.7 Å². The minimum Gasteiger partial charge on any atom is -0.328 e. The van der Waals surface area contributed by atoms with Crippen molar-refractivity contribution in [2.45, 2.75) is 38.6 Å². The third-order valence-corrected chi connectivity index (χ3v) is 6.39. The Morgan fingerprint density at radius 3 is 2.50 bits per heavy atom. The number of carbonyl (C=O) groups is 2. The highest BCUT2D eigenvalue weighted by atomic mass is 16.2. The summed E-state index contributed by atoms with van der Waals surface area (Å²) in [7, 11) is 0. The molecule has 0 aliphatic carbocycles. The maximum Gasteiger partial charge on any atom is 0.254 e. The Balaban J connectivity index is 1.42. The molecule has 0 N–H and O–H groups in total. The molecule has 2 aromatic carbocycles. The number of anilines is 1. The van der Waals surface area contributed by atoms with Gasteiger partial charge in [0.25, 0.3) is 5.91 Å². The molecule has 32 heavy (non-hydrogen) atoms. The second-order valence-electron chi connectivity index (χ2n) is 8.45. The van der Waals surface area contributed by atoms with Gasteiger partial charge >= 0.3 is 0 Å². The minimum atomic E-state index is -0.168. The van der Waals surface area contributed by atoms with Gasteiger partial charge in [0.1, 0.15) is 5.82 Å². The van der Waals surface area contributed by atoms with Crippen molar-refractivity contribution in [3.05, 3.63) is 88.9 Å². The van der Waals surface area contributed by atoms with Crippen molar-refractivity contribution in [1.82, 2.24) is 14.9 Å². The lowest BCUT2D eigenvalue weighted by Crippen LogP contribution is -2.32. The predicted molar refractivity (Wildman–Crippen MR) is 122 cm³/mol. The van der Waals surface area contributed by atoms with E-state index in [-0.39, 0.29) is 17.9 Å². The molecule has 1 saturated heterocycles. The van der Waals surface area contributed by atoms with Crippen LogP contribution in [0.4, 0.5) is 5.82 Å². The van der Waals surface area contributed by atoms with Gasteiger partial charge in [-0.1, -0.05) is 48.5 Å². The molecule has 6 heteroatoms. The van der Waals surface area contributed by atoms with E-state index in [4.69, 9.17) is 9.97 Å². The average molecular weight is 427 g/mol. The maximum absolute atomic E-state index is 13.1. The van der Waals surface area contributed by atoms with Gasteiger partial charge < -0.3 is 4.90 Å². The topological polar surface area (TPSA) is 66.4 Å². The molecule has 2 aliphatic rings. The van der Waals surface area contributed by atoms with Gasteiger partial charge in [-0.3, -0.25) is 14.5 Å². The molecule has 2 amide bonds. The molecule has 1 atom stereocenters. The van der Waals surface area contributed by atoms with Crippen LogP contribution in [0.5, 0.6) is 0 Å². The zero-order chi connectivity index (χ0) is 22.1. The lowest BCUT2D eigenvalue weighted by molar-refractivity contribution is -0.117. The van der Waals surface area contributed by atoms with Crippen molar-refractivity contribution in [3.63, 3.8) is 0 Å². The van der Waals surface area contributed by atoms with Gasteiger partial charge in [0.05, 0.1) is 12.5 Å². The summed E-state index contributed by atoms with van der Waals surface area (Å²) in [5, 5.41) is 0. The number of benzene rings is 2. The quantitative estimate of drug-likeness (QED) is 0.621. The summed E-state index contributed by atoms with van der Waals surface area (Å²) in [6.07, 6.45) is 2.86. The highest BCUT2D eigenvalue weighted by Crippen LogP contribution is 2.35. The van der Waals surface area contributed by atoms with Crippen molar-refractivity contribution in [1.29, 1.82) is 0 Å². The maximum atomic E-state index is 13.1. The number of nitrogens with zero attached hydrogens (tertiary/aromatic N) is 4. The molecule has 1 unspecified atom stereocenters. The molecule has 1 fully saturated rings. The number of fused-ring (bicyclic) bond motifs is 1. The van der Waals surface area contributed by atoms with Crippen LogP contribution < -0.4 is 4.90 Å². The summed E-state index contributed by atoms with van der Waals surface area (Å²) in [5.74, 6) is 1.43. The fraction of sp³-hybridized carbons (Fsp3) is 0.308. The summed E-state index contributed by atoms with van der Waals surface area (Å²) in [6.45, 7) is 3.22. The lowest BCUT2D eigenvalue weighted by atomic mass is 10.1. The highest BCUT2D eigenvalue weighted by molar-refractivity contribution is 6.00. The molecule has 0 radical (unpaired) electrons. The van der Waals surface area contributed by atoms with E-state index in [0.717, 1.165) is 30.5 Å². The Hall–Kier alpha value is -3.54. The molecule has 162 valence electrons. The van der Waals surface area contributed by atoms with Gasteiger partial charge in [0.15, 0.2) is 5.82 Å². The number of aromatic nitrogens is 2. The van der Waals surface area contributed by atoms with Gasteiger partial charge in [-0.05, 0) is 43.9 Å². The first-order valence-corrected chi connectivity index (χ1v) is 11.2. The normalized spacial score (nSPS) is 17.7. The molecule has 1 aromatic heterocycles. The second kappa shape index (κ2) is 8.54. The van der Waals surface area contributed by atoms with E-state index in [2.05, 4.69) is 12.1 Å². The largest absolute Gasteiger partial charge is 0.328 e. The average Bonchev–Trinajstić information content (AvgIpc) is 3.43. The Labute approximate surface area is 187 Å². The van der Waals surface area contributed by atoms with Crippen LogP contribution >= 0.6 is 0 Å². The van der Waals surface area contributed by atoms with E-state index in [1.54, 1.807) is 4.90 Å². The van der Waals surface area contributed by atoms with E-state index >= 15 is 0 Å². The molecular weight excluding hydrogens is 400 g/mol. The first-order chi connectivity index (χ1) is 15.6. The molecule has 0 saturated carbocycles. The van der Waals surface area contributed by atoms with Crippen molar-refractivity contribution in [2.75, 3.05) is 18.0 Å². The third kappa shape index (κ3) is 3.77. The van der Waals surface area contributed by atoms with E-state index in [1.807, 2.05) is 60.4 Å². The van der Waals surface area contributed by atoms with Crippen molar-refractivity contribution < 1.29 is 9.59 Å². The number of hydrogen-bond donors (Lipinski definition) is 0. The molecule has 6 nitrogen and oxygen atoms in total. The predicted octanol–water partition coefficient (Wildman–Crippen LogP) is 3.89. The van der Waals surface area contributed by atoms with Crippen LogP contribution in [0.2, 0.25) is 0 Å². The first kappa shape index (κ1) is 20.4. The van der Waals surface area contributed by atoms with Gasteiger partial charge in [-0.25, -0.2) is 9.97 Å². The van der Waals surface area contributed by atoms with Crippen LogP contribution in [0.25, 0.3) is 0 Å². The van der Waals surface area contributed by atoms with Gasteiger partial charge in [0, 0.05) is 29.9 Å². The number of carbonyl (C=O) groups excluding carboxylic acids is 2. The number of likely N-dealkylation sites (tertiary alicyclic amines) is 1. The molecule has 0 spiro atoms. The summed E-state index contributed by atoms with van der Waals surface area (Å²) in [6, 6.07) is 19.4. The Bertz CT molecular complexity index is 1150. The monoisotopic (exact) mass is 426 g/mol. The minimum absolute atomic E-state index is 0.00635. The standard InChI is InChI=1S/C26H26N4O2/c1-18-21-17-23(31)30(16-14-19-9-4-2-5-10-19)25(21)28-24(27-18)22-13-8-15-29(22)26(32)20-11-6-3-7-12-20/h2-7,9-12,22H,8,13-17H2,1H3. The fourth-order valence-corrected chi connectivity index (χ4v) is 4.69. The van der Waals surface area contributed by atoms with E-state index in [1.165, 1.54) is 5.56 Å². The summed E-state index contributed by atoms with van der Waals surface area (Å²) in [4.78, 5) is 39.2. The van der Waals surface area contributed by atoms with Crippen molar-refractivity contribution in [3.8, 4) is 0 Å². The van der Waals surface area contributed by atoms with Crippen LogP contribution in [-0.2, 0) is 17.6 Å². The van der Waals surface area contributed by atoms with E-state index in [9.17, 15) is 9.59 Å². The first-order valence-electron chi connectivity index (χ1n) is 11.2. The molecule has 3 heterocycles. The molecular formula is C26H26N4O2. The Morgan fingerprint density at radius 1 is 1.03 bits per heavy atom. The molecule has 2 aliphatic heterocycles.